The van der Waals surface area contributed by atoms with Gasteiger partial charge in [-0.05, 0) is 68.1 Å². The predicted octanol–water partition coefficient (Wildman–Crippen LogP) is 1.65. The van der Waals surface area contributed by atoms with E-state index in [0.717, 1.165) is 38.2 Å². The molecule has 2 atom stereocenters. The molecule has 0 aliphatic heterocycles. The third-order valence-corrected chi connectivity index (χ3v) is 6.67. The fourth-order valence-corrected chi connectivity index (χ4v) is 5.72. The van der Waals surface area contributed by atoms with Crippen LogP contribution in [-0.4, -0.2) is 30.6 Å². The zero-order chi connectivity index (χ0) is 17.1. The first kappa shape index (κ1) is 16.1. The van der Waals surface area contributed by atoms with Crippen LogP contribution in [0, 0.1) is 17.8 Å². The van der Waals surface area contributed by atoms with Crippen molar-refractivity contribution in [3.63, 3.8) is 0 Å². The third-order valence-electron chi connectivity index (χ3n) is 5.84. The van der Waals surface area contributed by atoms with Gasteiger partial charge in [-0.2, -0.15) is 0 Å². The molecule has 24 heavy (non-hydrogen) atoms. The van der Waals surface area contributed by atoms with Gasteiger partial charge in [-0.3, -0.25) is 0 Å². The lowest BCUT2D eigenvalue weighted by atomic mass is 9.52. The summed E-state index contributed by atoms with van der Waals surface area (Å²) in [5, 5.41) is 0. The molecule has 4 fully saturated rings. The fourth-order valence-electron chi connectivity index (χ4n) is 5.20. The average molecular weight is 350 g/mol. The minimum atomic E-state index is -4.59. The number of carbonyl (C=O) groups excluding carboxylic acids is 1. The van der Waals surface area contributed by atoms with Crippen molar-refractivity contribution in [3.8, 4) is 0 Å². The largest absolute Gasteiger partial charge is 0.744 e. The van der Waals surface area contributed by atoms with E-state index in [2.05, 4.69) is 0 Å². The molecule has 5 rings (SSSR count). The smallest absolute Gasteiger partial charge is 0.338 e. The Balaban J connectivity index is 1.53. The van der Waals surface area contributed by atoms with E-state index in [1.165, 1.54) is 18.2 Å². The van der Waals surface area contributed by atoms with Gasteiger partial charge in [0.05, 0.1) is 10.5 Å². The van der Waals surface area contributed by atoms with Crippen LogP contribution < -0.4 is 5.73 Å². The summed E-state index contributed by atoms with van der Waals surface area (Å²) in [6.45, 7) is 0. The van der Waals surface area contributed by atoms with Crippen molar-refractivity contribution < 1.29 is 22.5 Å². The summed E-state index contributed by atoms with van der Waals surface area (Å²) in [5.41, 5.74) is 6.45. The summed E-state index contributed by atoms with van der Waals surface area (Å²) < 4.78 is 39.1. The van der Waals surface area contributed by atoms with E-state index >= 15 is 0 Å². The monoisotopic (exact) mass is 350 g/mol. The van der Waals surface area contributed by atoms with Crippen molar-refractivity contribution in [2.24, 2.45) is 23.5 Å². The average Bonchev–Trinajstić information content (AvgIpc) is 2.48. The SMILES string of the molecule is NC12CC3CC(C1)C(OC(=O)c1cccc(S(=O)(=O)[O-])c1)C(C3)C2. The zero-order valence-corrected chi connectivity index (χ0v) is 14.0. The van der Waals surface area contributed by atoms with Gasteiger partial charge in [0.2, 0.25) is 0 Å². The highest BCUT2D eigenvalue weighted by Crippen LogP contribution is 2.55. The van der Waals surface area contributed by atoms with E-state index in [-0.39, 0.29) is 29.0 Å². The number of esters is 1. The third kappa shape index (κ3) is 2.74. The molecule has 7 heteroatoms. The molecule has 0 radical (unpaired) electrons. The Morgan fingerprint density at radius 3 is 2.46 bits per heavy atom. The van der Waals surface area contributed by atoms with Crippen molar-refractivity contribution in [2.45, 2.75) is 48.6 Å². The van der Waals surface area contributed by atoms with Crippen molar-refractivity contribution in [2.75, 3.05) is 0 Å². The van der Waals surface area contributed by atoms with Gasteiger partial charge in [-0.25, -0.2) is 13.2 Å². The molecule has 4 saturated carbocycles. The Kier molecular flexibility index (Phi) is 3.53. The minimum Gasteiger partial charge on any atom is -0.744 e. The van der Waals surface area contributed by atoms with E-state index in [4.69, 9.17) is 10.5 Å². The van der Waals surface area contributed by atoms with Crippen molar-refractivity contribution in [1.82, 2.24) is 0 Å². The molecule has 1 aromatic rings. The number of hydrogen-bond donors (Lipinski definition) is 1. The van der Waals surface area contributed by atoms with Gasteiger partial charge in [0.25, 0.3) is 0 Å². The number of carbonyl (C=O) groups is 1. The van der Waals surface area contributed by atoms with Crippen molar-refractivity contribution in [3.05, 3.63) is 29.8 Å². The zero-order valence-electron chi connectivity index (χ0n) is 13.2. The maximum Gasteiger partial charge on any atom is 0.338 e. The first-order chi connectivity index (χ1) is 11.2. The predicted molar refractivity (Wildman–Crippen MR) is 84.1 cm³/mol. The lowest BCUT2D eigenvalue weighted by molar-refractivity contribution is -0.109. The molecule has 4 bridgehead atoms. The molecule has 0 heterocycles. The molecule has 0 spiro atoms. The summed E-state index contributed by atoms with van der Waals surface area (Å²) in [6.07, 6.45) is 4.77. The summed E-state index contributed by atoms with van der Waals surface area (Å²) in [7, 11) is -4.59. The normalized spacial score (nSPS) is 37.4. The molecule has 6 nitrogen and oxygen atoms in total. The van der Waals surface area contributed by atoms with Gasteiger partial charge >= 0.3 is 5.97 Å². The molecule has 4 aliphatic carbocycles. The van der Waals surface area contributed by atoms with Gasteiger partial charge in [-0.1, -0.05) is 6.07 Å². The summed E-state index contributed by atoms with van der Waals surface area (Å²) in [4.78, 5) is 12.0. The second kappa shape index (κ2) is 5.28. The topological polar surface area (TPSA) is 110 Å². The maximum absolute atomic E-state index is 12.4. The van der Waals surface area contributed by atoms with Crippen LogP contribution in [0.1, 0.15) is 42.5 Å². The van der Waals surface area contributed by atoms with Crippen LogP contribution in [0.15, 0.2) is 29.2 Å². The first-order valence-corrected chi connectivity index (χ1v) is 9.70. The van der Waals surface area contributed by atoms with Gasteiger partial charge in [-0.15, -0.1) is 0 Å². The number of benzene rings is 1. The van der Waals surface area contributed by atoms with Crippen LogP contribution in [0.25, 0.3) is 0 Å². The Hall–Kier alpha value is -1.44. The quantitative estimate of drug-likeness (QED) is 0.656. The van der Waals surface area contributed by atoms with Crippen LogP contribution in [0.2, 0.25) is 0 Å². The van der Waals surface area contributed by atoms with Crippen LogP contribution >= 0.6 is 0 Å². The van der Waals surface area contributed by atoms with Gasteiger partial charge < -0.3 is 15.0 Å². The van der Waals surface area contributed by atoms with E-state index in [1.54, 1.807) is 0 Å². The molecular weight excluding hydrogens is 330 g/mol. The molecule has 4 aliphatic rings. The highest BCUT2D eigenvalue weighted by atomic mass is 32.2. The van der Waals surface area contributed by atoms with Gasteiger partial charge in [0.15, 0.2) is 0 Å². The van der Waals surface area contributed by atoms with Crippen LogP contribution in [0.4, 0.5) is 0 Å². The first-order valence-electron chi connectivity index (χ1n) is 8.29. The van der Waals surface area contributed by atoms with E-state index in [0.29, 0.717) is 5.92 Å². The molecule has 0 saturated heterocycles. The number of rotatable bonds is 3. The van der Waals surface area contributed by atoms with Gasteiger partial charge in [0, 0.05) is 5.54 Å². The highest BCUT2D eigenvalue weighted by molar-refractivity contribution is 7.85. The molecule has 130 valence electrons. The lowest BCUT2D eigenvalue weighted by Crippen LogP contribution is -2.61. The standard InChI is InChI=1S/C17H21NO5S/c18-17-7-10-4-12(8-17)15(13(5-10)9-17)23-16(19)11-2-1-3-14(6-11)24(20,21)22/h1-3,6,10,12-13,15H,4-5,7-9,18H2,(H,20,21,22)/p-1. The Labute approximate surface area is 141 Å². The number of hydrogen-bond acceptors (Lipinski definition) is 6. The number of ether oxygens (including phenoxy) is 1. The summed E-state index contributed by atoms with van der Waals surface area (Å²) in [6, 6.07) is 5.12. The van der Waals surface area contributed by atoms with E-state index < -0.39 is 21.0 Å². The Morgan fingerprint density at radius 1 is 1.21 bits per heavy atom. The maximum atomic E-state index is 12.4. The Morgan fingerprint density at radius 2 is 1.88 bits per heavy atom. The minimum absolute atomic E-state index is 0.100. The summed E-state index contributed by atoms with van der Waals surface area (Å²) in [5.74, 6) is 0.647. The van der Waals surface area contributed by atoms with Crippen molar-refractivity contribution >= 4 is 16.1 Å². The highest BCUT2D eigenvalue weighted by Gasteiger charge is 2.55. The molecule has 0 aromatic heterocycles. The molecule has 2 N–H and O–H groups in total. The van der Waals surface area contributed by atoms with Crippen LogP contribution in [0.5, 0.6) is 0 Å². The molecule has 1 aromatic carbocycles. The van der Waals surface area contributed by atoms with E-state index in [9.17, 15) is 17.8 Å². The summed E-state index contributed by atoms with van der Waals surface area (Å²) >= 11 is 0. The second-order valence-electron chi connectivity index (χ2n) is 7.68. The number of nitrogens with two attached hydrogens (primary N) is 1. The molecule has 0 amide bonds. The van der Waals surface area contributed by atoms with E-state index in [1.807, 2.05) is 0 Å². The fraction of sp³-hybridized carbons (Fsp3) is 0.588. The van der Waals surface area contributed by atoms with Gasteiger partial charge in [0.1, 0.15) is 16.2 Å². The lowest BCUT2D eigenvalue weighted by Gasteiger charge is -2.58. The van der Waals surface area contributed by atoms with Crippen LogP contribution in [-0.2, 0) is 14.9 Å². The molecule has 2 unspecified atom stereocenters. The van der Waals surface area contributed by atoms with Crippen molar-refractivity contribution in [1.29, 1.82) is 0 Å². The molecular formula is C17H20NO5S-. The Bertz CT molecular complexity index is 774. The van der Waals surface area contributed by atoms with Crippen LogP contribution in [0.3, 0.4) is 0 Å². The second-order valence-corrected chi connectivity index (χ2v) is 9.06.